The van der Waals surface area contributed by atoms with Gasteiger partial charge in [0, 0.05) is 24.1 Å². The molecule has 0 saturated heterocycles. The van der Waals surface area contributed by atoms with Gasteiger partial charge in [-0.1, -0.05) is 15.9 Å². The normalized spacial score (nSPS) is 38.7. The lowest BCUT2D eigenvalue weighted by molar-refractivity contribution is 0.275. The predicted molar refractivity (Wildman–Crippen MR) is 46.9 cm³/mol. The molecule has 0 bridgehead atoms. The largest absolute Gasteiger partial charge is 0.400 e. The highest BCUT2D eigenvalue weighted by Gasteiger charge is 2.54. The van der Waals surface area contributed by atoms with Crippen molar-refractivity contribution in [2.45, 2.75) is 23.2 Å². The summed E-state index contributed by atoms with van der Waals surface area (Å²) in [6, 6.07) is 0. The van der Waals surface area contributed by atoms with Gasteiger partial charge in [0.2, 0.25) is 0 Å². The molecule has 2 nitrogen and oxygen atoms in total. The molecule has 2 unspecified atom stereocenters. The summed E-state index contributed by atoms with van der Waals surface area (Å²) in [5.41, 5.74) is 0.655. The summed E-state index contributed by atoms with van der Waals surface area (Å²) in [4.78, 5) is 0. The van der Waals surface area contributed by atoms with E-state index in [1.54, 1.807) is 14.2 Å². The molecule has 1 aliphatic rings. The first-order chi connectivity index (χ1) is 4.61. The maximum Gasteiger partial charge on any atom is 0.325 e. The number of hydrogen-bond donors (Lipinski definition) is 0. The first kappa shape index (κ1) is 8.71. The zero-order valence-electron chi connectivity index (χ0n) is 6.56. The standard InChI is InChI=1S/C6H13BrO2Si/c1-6(7)4-5(6)10(8-2)9-3/h5,10H,4H2,1-3H3. The summed E-state index contributed by atoms with van der Waals surface area (Å²) in [6.07, 6.45) is 1.20. The van der Waals surface area contributed by atoms with E-state index in [4.69, 9.17) is 8.85 Å². The maximum absolute atomic E-state index is 5.25. The molecule has 0 amide bonds. The fourth-order valence-electron chi connectivity index (χ4n) is 1.18. The van der Waals surface area contributed by atoms with Crippen LogP contribution in [0, 0.1) is 0 Å². The molecule has 0 heterocycles. The highest BCUT2D eigenvalue weighted by molar-refractivity contribution is 9.10. The number of hydrogen-bond acceptors (Lipinski definition) is 2. The van der Waals surface area contributed by atoms with Crippen LogP contribution in [0.25, 0.3) is 0 Å². The zero-order valence-corrected chi connectivity index (χ0v) is 9.30. The molecule has 0 aliphatic heterocycles. The SMILES string of the molecule is CO[SiH](OC)C1CC1(C)Br. The van der Waals surface area contributed by atoms with Gasteiger partial charge < -0.3 is 8.85 Å². The molecule has 0 spiro atoms. The van der Waals surface area contributed by atoms with Crippen LogP contribution >= 0.6 is 15.9 Å². The third kappa shape index (κ3) is 1.61. The third-order valence-electron chi connectivity index (χ3n) is 2.03. The van der Waals surface area contributed by atoms with Gasteiger partial charge in [0.15, 0.2) is 0 Å². The van der Waals surface area contributed by atoms with E-state index in [1.165, 1.54) is 6.42 Å². The van der Waals surface area contributed by atoms with Crippen molar-refractivity contribution < 1.29 is 8.85 Å². The Morgan fingerprint density at radius 3 is 2.00 bits per heavy atom. The summed E-state index contributed by atoms with van der Waals surface area (Å²) in [5, 5.41) is 0. The predicted octanol–water partition coefficient (Wildman–Crippen LogP) is 1.43. The third-order valence-corrected chi connectivity index (χ3v) is 5.98. The average Bonchev–Trinajstić information content (AvgIpc) is 2.44. The molecule has 1 aliphatic carbocycles. The lowest BCUT2D eigenvalue weighted by Gasteiger charge is -2.10. The second-order valence-corrected chi connectivity index (χ2v) is 7.22. The Morgan fingerprint density at radius 1 is 1.50 bits per heavy atom. The zero-order chi connectivity index (χ0) is 7.78. The van der Waals surface area contributed by atoms with Crippen LogP contribution in [0.4, 0.5) is 0 Å². The van der Waals surface area contributed by atoms with Crippen molar-refractivity contribution in [3.05, 3.63) is 0 Å². The summed E-state index contributed by atoms with van der Waals surface area (Å²) in [5.74, 6) is 0. The summed E-state index contributed by atoms with van der Waals surface area (Å²) in [7, 11) is 2.15. The van der Waals surface area contributed by atoms with Crippen LogP contribution in [0.1, 0.15) is 13.3 Å². The van der Waals surface area contributed by atoms with Crippen LogP contribution < -0.4 is 0 Å². The van der Waals surface area contributed by atoms with Crippen molar-refractivity contribution >= 4 is 25.2 Å². The molecule has 1 saturated carbocycles. The lowest BCUT2D eigenvalue weighted by Crippen LogP contribution is -2.21. The molecular formula is C6H13BrO2Si. The van der Waals surface area contributed by atoms with Crippen LogP contribution in [0.3, 0.4) is 0 Å². The maximum atomic E-state index is 5.25. The first-order valence-electron chi connectivity index (χ1n) is 3.36. The lowest BCUT2D eigenvalue weighted by atomic mass is 10.5. The van der Waals surface area contributed by atoms with E-state index >= 15 is 0 Å². The van der Waals surface area contributed by atoms with Gasteiger partial charge in [-0.25, -0.2) is 0 Å². The molecule has 1 fully saturated rings. The van der Waals surface area contributed by atoms with Crippen LogP contribution in [0.5, 0.6) is 0 Å². The monoisotopic (exact) mass is 224 g/mol. The van der Waals surface area contributed by atoms with Crippen molar-refractivity contribution in [1.29, 1.82) is 0 Å². The fourth-order valence-corrected chi connectivity index (χ4v) is 4.62. The van der Waals surface area contributed by atoms with Gasteiger partial charge >= 0.3 is 9.28 Å². The van der Waals surface area contributed by atoms with Gasteiger partial charge in [0.1, 0.15) is 0 Å². The van der Waals surface area contributed by atoms with E-state index in [1.807, 2.05) is 0 Å². The minimum Gasteiger partial charge on any atom is -0.400 e. The second-order valence-electron chi connectivity index (χ2n) is 2.93. The van der Waals surface area contributed by atoms with Crippen LogP contribution in [0.15, 0.2) is 0 Å². The van der Waals surface area contributed by atoms with E-state index in [0.717, 1.165) is 0 Å². The van der Waals surface area contributed by atoms with Crippen molar-refractivity contribution in [2.75, 3.05) is 14.2 Å². The van der Waals surface area contributed by atoms with E-state index in [9.17, 15) is 0 Å². The van der Waals surface area contributed by atoms with Crippen LogP contribution in [0.2, 0.25) is 5.54 Å². The van der Waals surface area contributed by atoms with E-state index in [0.29, 0.717) is 9.87 Å². The highest BCUT2D eigenvalue weighted by Crippen LogP contribution is 2.57. The van der Waals surface area contributed by atoms with E-state index < -0.39 is 9.28 Å². The molecule has 0 aromatic carbocycles. The molecule has 1 rings (SSSR count). The Kier molecular flexibility index (Phi) is 2.55. The average molecular weight is 225 g/mol. The number of halogens is 1. The Bertz CT molecular complexity index is 125. The molecule has 0 radical (unpaired) electrons. The quantitative estimate of drug-likeness (QED) is 0.534. The van der Waals surface area contributed by atoms with E-state index in [-0.39, 0.29) is 0 Å². The second kappa shape index (κ2) is 2.93. The summed E-state index contributed by atoms with van der Waals surface area (Å²) in [6.45, 7) is 2.19. The molecule has 10 heavy (non-hydrogen) atoms. The van der Waals surface area contributed by atoms with Crippen molar-refractivity contribution in [3.63, 3.8) is 0 Å². The summed E-state index contributed by atoms with van der Waals surface area (Å²) >= 11 is 3.61. The van der Waals surface area contributed by atoms with E-state index in [2.05, 4.69) is 22.9 Å². The van der Waals surface area contributed by atoms with Crippen molar-refractivity contribution in [2.24, 2.45) is 0 Å². The molecule has 0 N–H and O–H groups in total. The van der Waals surface area contributed by atoms with Gasteiger partial charge in [0.25, 0.3) is 0 Å². The topological polar surface area (TPSA) is 18.5 Å². The molecule has 0 aromatic rings. The Labute approximate surface area is 71.9 Å². The van der Waals surface area contributed by atoms with Crippen LogP contribution in [-0.4, -0.2) is 27.8 Å². The molecular weight excluding hydrogens is 212 g/mol. The highest BCUT2D eigenvalue weighted by atomic mass is 79.9. The minimum atomic E-state index is -1.33. The molecule has 0 aromatic heterocycles. The van der Waals surface area contributed by atoms with Gasteiger partial charge in [-0.15, -0.1) is 0 Å². The number of rotatable bonds is 3. The Balaban J connectivity index is 2.36. The molecule has 4 heteroatoms. The first-order valence-corrected chi connectivity index (χ1v) is 5.76. The van der Waals surface area contributed by atoms with Gasteiger partial charge in [-0.2, -0.15) is 0 Å². The summed E-state index contributed by atoms with van der Waals surface area (Å²) < 4.78 is 10.8. The Hall–Kier alpha value is 0.617. The van der Waals surface area contributed by atoms with Crippen molar-refractivity contribution in [3.8, 4) is 0 Å². The molecule has 60 valence electrons. The van der Waals surface area contributed by atoms with Gasteiger partial charge in [0.05, 0.1) is 0 Å². The minimum absolute atomic E-state index is 0.315. The van der Waals surface area contributed by atoms with Crippen LogP contribution in [-0.2, 0) is 8.85 Å². The van der Waals surface area contributed by atoms with Crippen molar-refractivity contribution in [1.82, 2.24) is 0 Å². The van der Waals surface area contributed by atoms with Gasteiger partial charge in [-0.3, -0.25) is 0 Å². The smallest absolute Gasteiger partial charge is 0.325 e. The number of alkyl halides is 1. The Morgan fingerprint density at radius 2 is 1.90 bits per heavy atom. The van der Waals surface area contributed by atoms with Gasteiger partial charge in [-0.05, 0) is 13.3 Å². The molecule has 2 atom stereocenters. The fraction of sp³-hybridized carbons (Fsp3) is 1.00.